The van der Waals surface area contributed by atoms with Crippen molar-refractivity contribution in [3.63, 3.8) is 0 Å². The molecule has 4 aromatic rings. The lowest BCUT2D eigenvalue weighted by molar-refractivity contribution is -0.114. The molecule has 4 rings (SSSR count). The molecule has 0 atom stereocenters. The molecule has 0 saturated carbocycles. The summed E-state index contributed by atoms with van der Waals surface area (Å²) in [7, 11) is 1.51. The maximum atomic E-state index is 13.4. The molecule has 32 heavy (non-hydrogen) atoms. The molecule has 9 nitrogen and oxygen atoms in total. The molecule has 2 amide bonds. The minimum atomic E-state index is -0.369. The SMILES string of the molecule is COc1ccc(NC(C)=O)cc1NC(=O)c1cc(-c2ccco2)nc2c1cnn2C(C)C. The number of methoxy groups -OCH3 is 1. The standard InChI is InChI=1S/C23H23N5O4/c1-13(2)28-22-17(12-24-28)16(11-19(26-22)21-6-5-9-32-21)23(30)27-18-10-15(25-14(3)29)7-8-20(18)31-4/h5-13H,1-4H3,(H,25,29)(H,27,30). The van der Waals surface area contributed by atoms with Gasteiger partial charge in [0.1, 0.15) is 11.4 Å². The number of nitrogens with one attached hydrogen (secondary N) is 2. The highest BCUT2D eigenvalue weighted by Crippen LogP contribution is 2.31. The molecule has 3 aromatic heterocycles. The number of amides is 2. The van der Waals surface area contributed by atoms with E-state index in [1.54, 1.807) is 53.5 Å². The second-order valence-corrected chi connectivity index (χ2v) is 7.50. The van der Waals surface area contributed by atoms with Gasteiger partial charge in [-0.2, -0.15) is 5.10 Å². The van der Waals surface area contributed by atoms with Gasteiger partial charge in [-0.15, -0.1) is 0 Å². The number of carbonyl (C=O) groups is 2. The summed E-state index contributed by atoms with van der Waals surface area (Å²) in [6, 6.07) is 10.3. The second kappa shape index (κ2) is 8.54. The van der Waals surface area contributed by atoms with E-state index in [0.717, 1.165) is 0 Å². The van der Waals surface area contributed by atoms with Gasteiger partial charge in [-0.25, -0.2) is 9.67 Å². The highest BCUT2D eigenvalue weighted by molar-refractivity contribution is 6.13. The van der Waals surface area contributed by atoms with Crippen LogP contribution in [0.25, 0.3) is 22.5 Å². The Morgan fingerprint density at radius 1 is 1.16 bits per heavy atom. The smallest absolute Gasteiger partial charge is 0.256 e. The van der Waals surface area contributed by atoms with Crippen LogP contribution in [-0.4, -0.2) is 33.7 Å². The Bertz CT molecular complexity index is 1290. The van der Waals surface area contributed by atoms with Gasteiger partial charge < -0.3 is 19.8 Å². The van der Waals surface area contributed by atoms with Gasteiger partial charge in [0.2, 0.25) is 5.91 Å². The number of nitrogens with zero attached hydrogens (tertiary/aromatic N) is 3. The summed E-state index contributed by atoms with van der Waals surface area (Å²) in [6.45, 7) is 5.40. The summed E-state index contributed by atoms with van der Waals surface area (Å²) in [5, 5.41) is 10.6. The predicted octanol–water partition coefficient (Wildman–Crippen LogP) is 4.49. The number of ether oxygens (including phenoxy) is 1. The van der Waals surface area contributed by atoms with Crippen molar-refractivity contribution in [2.24, 2.45) is 0 Å². The topological polar surface area (TPSA) is 111 Å². The molecule has 0 saturated heterocycles. The van der Waals surface area contributed by atoms with Gasteiger partial charge in [-0.1, -0.05) is 0 Å². The van der Waals surface area contributed by atoms with Crippen LogP contribution in [0.4, 0.5) is 11.4 Å². The minimum Gasteiger partial charge on any atom is -0.495 e. The highest BCUT2D eigenvalue weighted by Gasteiger charge is 2.20. The van der Waals surface area contributed by atoms with E-state index in [4.69, 9.17) is 9.15 Å². The summed E-state index contributed by atoms with van der Waals surface area (Å²) in [5.41, 5.74) is 2.45. The molecule has 0 aliphatic rings. The van der Waals surface area contributed by atoms with E-state index < -0.39 is 0 Å². The summed E-state index contributed by atoms with van der Waals surface area (Å²) in [6.07, 6.45) is 3.19. The molecular weight excluding hydrogens is 410 g/mol. The highest BCUT2D eigenvalue weighted by atomic mass is 16.5. The number of hydrogen-bond donors (Lipinski definition) is 2. The van der Waals surface area contributed by atoms with Crippen molar-refractivity contribution < 1.29 is 18.7 Å². The minimum absolute atomic E-state index is 0.0530. The fraction of sp³-hybridized carbons (Fsp3) is 0.217. The number of hydrogen-bond acceptors (Lipinski definition) is 6. The van der Waals surface area contributed by atoms with Crippen LogP contribution in [0.15, 0.2) is 53.3 Å². The van der Waals surface area contributed by atoms with Crippen molar-refractivity contribution in [2.75, 3.05) is 17.7 Å². The molecular formula is C23H23N5O4. The normalized spacial score (nSPS) is 11.0. The van der Waals surface area contributed by atoms with E-state index in [0.29, 0.717) is 45.2 Å². The van der Waals surface area contributed by atoms with E-state index >= 15 is 0 Å². The van der Waals surface area contributed by atoms with Gasteiger partial charge in [-0.05, 0) is 50.2 Å². The molecule has 1 aromatic carbocycles. The Kier molecular flexibility index (Phi) is 5.63. The first-order valence-electron chi connectivity index (χ1n) is 10.1. The zero-order chi connectivity index (χ0) is 22.8. The van der Waals surface area contributed by atoms with E-state index in [9.17, 15) is 9.59 Å². The van der Waals surface area contributed by atoms with Crippen LogP contribution < -0.4 is 15.4 Å². The monoisotopic (exact) mass is 433 g/mol. The summed E-state index contributed by atoms with van der Waals surface area (Å²) < 4.78 is 12.6. The largest absolute Gasteiger partial charge is 0.495 e. The number of carbonyl (C=O) groups excluding carboxylic acids is 2. The van der Waals surface area contributed by atoms with E-state index in [1.807, 2.05) is 13.8 Å². The molecule has 0 spiro atoms. The van der Waals surface area contributed by atoms with Gasteiger partial charge in [0.15, 0.2) is 11.4 Å². The molecule has 0 aliphatic carbocycles. The van der Waals surface area contributed by atoms with Crippen LogP contribution >= 0.6 is 0 Å². The number of anilines is 2. The lowest BCUT2D eigenvalue weighted by atomic mass is 10.1. The van der Waals surface area contributed by atoms with Crippen molar-refractivity contribution in [1.29, 1.82) is 0 Å². The third kappa shape index (κ3) is 4.04. The van der Waals surface area contributed by atoms with E-state index in [1.165, 1.54) is 14.0 Å². The molecule has 9 heteroatoms. The summed E-state index contributed by atoms with van der Waals surface area (Å²) >= 11 is 0. The number of rotatable bonds is 6. The van der Waals surface area contributed by atoms with Crippen molar-refractivity contribution in [3.8, 4) is 17.2 Å². The number of pyridine rings is 1. The first kappa shape index (κ1) is 21.1. The molecule has 0 bridgehead atoms. The average Bonchev–Trinajstić information content (AvgIpc) is 3.42. The molecule has 0 unspecified atom stereocenters. The fourth-order valence-corrected chi connectivity index (χ4v) is 3.41. The van der Waals surface area contributed by atoms with Crippen molar-refractivity contribution in [3.05, 3.63) is 54.4 Å². The van der Waals surface area contributed by atoms with Crippen molar-refractivity contribution in [2.45, 2.75) is 26.8 Å². The number of benzene rings is 1. The number of aromatic nitrogens is 3. The van der Waals surface area contributed by atoms with Crippen LogP contribution in [0.3, 0.4) is 0 Å². The van der Waals surface area contributed by atoms with E-state index in [-0.39, 0.29) is 17.9 Å². The first-order chi connectivity index (χ1) is 15.4. The zero-order valence-electron chi connectivity index (χ0n) is 18.2. The lowest BCUT2D eigenvalue weighted by Crippen LogP contribution is -2.15. The van der Waals surface area contributed by atoms with Crippen LogP contribution in [0, 0.1) is 0 Å². The Hall–Kier alpha value is -4.14. The first-order valence-corrected chi connectivity index (χ1v) is 10.1. The Morgan fingerprint density at radius 2 is 1.97 bits per heavy atom. The third-order valence-corrected chi connectivity index (χ3v) is 4.84. The third-order valence-electron chi connectivity index (χ3n) is 4.84. The summed E-state index contributed by atoms with van der Waals surface area (Å²) in [4.78, 5) is 29.5. The average molecular weight is 433 g/mol. The number of furan rings is 1. The molecule has 0 radical (unpaired) electrons. The van der Waals surface area contributed by atoms with Gasteiger partial charge in [-0.3, -0.25) is 9.59 Å². The Morgan fingerprint density at radius 3 is 2.62 bits per heavy atom. The van der Waals surface area contributed by atoms with Crippen LogP contribution in [0.5, 0.6) is 5.75 Å². The predicted molar refractivity (Wildman–Crippen MR) is 121 cm³/mol. The maximum Gasteiger partial charge on any atom is 0.256 e. The molecule has 0 fully saturated rings. The molecule has 0 aliphatic heterocycles. The van der Waals surface area contributed by atoms with Crippen molar-refractivity contribution >= 4 is 34.2 Å². The van der Waals surface area contributed by atoms with Crippen LogP contribution in [0.2, 0.25) is 0 Å². The van der Waals surface area contributed by atoms with Crippen molar-refractivity contribution in [1.82, 2.24) is 14.8 Å². The molecule has 3 heterocycles. The van der Waals surface area contributed by atoms with E-state index in [2.05, 4.69) is 20.7 Å². The molecule has 2 N–H and O–H groups in total. The fourth-order valence-electron chi connectivity index (χ4n) is 3.41. The van der Waals surface area contributed by atoms with Gasteiger partial charge in [0.05, 0.1) is 36.2 Å². The quantitative estimate of drug-likeness (QED) is 0.463. The van der Waals surface area contributed by atoms with Crippen LogP contribution in [-0.2, 0) is 4.79 Å². The second-order valence-electron chi connectivity index (χ2n) is 7.50. The van der Waals surface area contributed by atoms with Gasteiger partial charge in [0.25, 0.3) is 5.91 Å². The summed E-state index contributed by atoms with van der Waals surface area (Å²) in [5.74, 6) is 0.420. The van der Waals surface area contributed by atoms with Crippen LogP contribution in [0.1, 0.15) is 37.2 Å². The van der Waals surface area contributed by atoms with Gasteiger partial charge in [0, 0.05) is 18.7 Å². The lowest BCUT2D eigenvalue weighted by Gasteiger charge is -2.13. The Labute approximate surface area is 184 Å². The zero-order valence-corrected chi connectivity index (χ0v) is 18.2. The van der Waals surface area contributed by atoms with Gasteiger partial charge >= 0.3 is 0 Å². The number of fused-ring (bicyclic) bond motifs is 1. The maximum absolute atomic E-state index is 13.4. The molecule has 164 valence electrons. The Balaban J connectivity index is 1.79.